The molecule has 1 unspecified atom stereocenters. The fraction of sp³-hybridized carbons (Fsp3) is 0.308. The van der Waals surface area contributed by atoms with Crippen molar-refractivity contribution >= 4 is 39.4 Å². The number of carbonyl (C=O) groups excluding carboxylic acids is 2. The Hall–Kier alpha value is -2.09. The zero-order valence-corrected chi connectivity index (χ0v) is 12.6. The number of pyridine rings is 1. The number of ketones is 2. The average molecular weight is 358 g/mol. The molecule has 0 fully saturated rings. The first-order valence-electron chi connectivity index (χ1n) is 5.83. The number of carboxylic acids is 2. The summed E-state index contributed by atoms with van der Waals surface area (Å²) in [6.45, 7) is 0.958. The molecule has 0 aromatic carbocycles. The van der Waals surface area contributed by atoms with Gasteiger partial charge in [0.15, 0.2) is 17.0 Å². The van der Waals surface area contributed by atoms with E-state index in [0.29, 0.717) is 4.47 Å². The number of aliphatic carboxylic acids is 2. The maximum atomic E-state index is 12.5. The van der Waals surface area contributed by atoms with E-state index in [1.54, 1.807) is 0 Å². The van der Waals surface area contributed by atoms with E-state index in [2.05, 4.69) is 20.9 Å². The topological polar surface area (TPSA) is 122 Å². The lowest BCUT2D eigenvalue weighted by atomic mass is 9.74. The fourth-order valence-corrected chi connectivity index (χ4v) is 2.25. The van der Waals surface area contributed by atoms with Gasteiger partial charge in [0, 0.05) is 28.9 Å². The Bertz CT molecular complexity index is 598. The first-order valence-corrected chi connectivity index (χ1v) is 6.62. The van der Waals surface area contributed by atoms with Crippen LogP contribution in [0.15, 0.2) is 22.9 Å². The molecule has 0 saturated carbocycles. The predicted molar refractivity (Wildman–Crippen MR) is 73.9 cm³/mol. The molecule has 0 spiro atoms. The van der Waals surface area contributed by atoms with Crippen LogP contribution in [-0.4, -0.2) is 38.7 Å². The molecule has 8 heteroatoms. The van der Waals surface area contributed by atoms with Gasteiger partial charge in [-0.3, -0.25) is 24.2 Å². The Morgan fingerprint density at radius 1 is 1.24 bits per heavy atom. The zero-order chi connectivity index (χ0) is 16.2. The van der Waals surface area contributed by atoms with E-state index in [1.165, 1.54) is 12.3 Å². The molecule has 112 valence electrons. The Morgan fingerprint density at radius 2 is 1.86 bits per heavy atom. The number of halogens is 1. The van der Waals surface area contributed by atoms with Crippen LogP contribution < -0.4 is 0 Å². The SMILES string of the molecule is CC(=O)C(CCC(=O)O)(C(=O)O)C(=O)c1cncc(Br)c1. The smallest absolute Gasteiger partial charge is 0.325 e. The lowest BCUT2D eigenvalue weighted by Crippen LogP contribution is -2.45. The molecule has 1 rings (SSSR count). The highest BCUT2D eigenvalue weighted by Gasteiger charge is 2.51. The Labute approximate surface area is 128 Å². The van der Waals surface area contributed by atoms with Crippen molar-refractivity contribution in [2.75, 3.05) is 0 Å². The van der Waals surface area contributed by atoms with Gasteiger partial charge in [0.2, 0.25) is 0 Å². The second-order valence-electron chi connectivity index (χ2n) is 4.38. The van der Waals surface area contributed by atoms with Crippen molar-refractivity contribution in [1.29, 1.82) is 0 Å². The monoisotopic (exact) mass is 357 g/mol. The minimum Gasteiger partial charge on any atom is -0.481 e. The number of carboxylic acid groups (broad SMARTS) is 2. The summed E-state index contributed by atoms with van der Waals surface area (Å²) in [5.74, 6) is -4.85. The summed E-state index contributed by atoms with van der Waals surface area (Å²) in [7, 11) is 0. The quantitative estimate of drug-likeness (QED) is 0.560. The number of Topliss-reactive ketones (excluding diaryl/α,β-unsaturated/α-hetero) is 2. The Balaban J connectivity index is 3.34. The molecule has 0 radical (unpaired) electrons. The number of aromatic nitrogens is 1. The first-order chi connectivity index (χ1) is 9.71. The van der Waals surface area contributed by atoms with Crippen molar-refractivity contribution in [1.82, 2.24) is 4.98 Å². The Kier molecular flexibility index (Phi) is 5.31. The van der Waals surface area contributed by atoms with Crippen LogP contribution in [0.2, 0.25) is 0 Å². The van der Waals surface area contributed by atoms with Crippen LogP contribution in [0.3, 0.4) is 0 Å². The zero-order valence-electron chi connectivity index (χ0n) is 11.0. The third kappa shape index (κ3) is 3.52. The molecule has 0 bridgehead atoms. The largest absolute Gasteiger partial charge is 0.481 e. The molecule has 0 amide bonds. The van der Waals surface area contributed by atoms with Crippen LogP contribution in [0, 0.1) is 5.41 Å². The summed E-state index contributed by atoms with van der Waals surface area (Å²) in [5, 5.41) is 18.0. The number of hydrogen-bond donors (Lipinski definition) is 2. The van der Waals surface area contributed by atoms with Crippen molar-refractivity contribution in [3.8, 4) is 0 Å². The second-order valence-corrected chi connectivity index (χ2v) is 5.30. The summed E-state index contributed by atoms with van der Waals surface area (Å²) >= 11 is 3.09. The van der Waals surface area contributed by atoms with Gasteiger partial charge in [0.1, 0.15) is 0 Å². The number of nitrogens with zero attached hydrogens (tertiary/aromatic N) is 1. The second kappa shape index (κ2) is 6.57. The van der Waals surface area contributed by atoms with Crippen molar-refractivity contribution in [2.24, 2.45) is 5.41 Å². The number of carbonyl (C=O) groups is 4. The minimum absolute atomic E-state index is 0.0765. The molecule has 7 nitrogen and oxygen atoms in total. The summed E-state index contributed by atoms with van der Waals surface area (Å²) in [4.78, 5) is 50.2. The molecule has 1 atom stereocenters. The standard InChI is InChI=1S/C13H12BrNO6/c1-7(16)13(12(20)21,3-2-10(17)18)11(19)8-4-9(14)6-15-5-8/h4-6H,2-3H2,1H3,(H,17,18)(H,20,21). The molecule has 0 aliphatic heterocycles. The molecular formula is C13H12BrNO6. The molecule has 1 aromatic rings. The number of rotatable bonds is 7. The minimum atomic E-state index is -2.42. The van der Waals surface area contributed by atoms with E-state index in [0.717, 1.165) is 13.1 Å². The highest BCUT2D eigenvalue weighted by atomic mass is 79.9. The van der Waals surface area contributed by atoms with E-state index < -0.39 is 41.8 Å². The van der Waals surface area contributed by atoms with Crippen molar-refractivity contribution in [2.45, 2.75) is 19.8 Å². The average Bonchev–Trinajstić information content (AvgIpc) is 2.38. The summed E-state index contributed by atoms with van der Waals surface area (Å²) in [5.41, 5.74) is -2.49. The fourth-order valence-electron chi connectivity index (χ4n) is 1.88. The maximum absolute atomic E-state index is 12.5. The van der Waals surface area contributed by atoms with Gasteiger partial charge >= 0.3 is 11.9 Å². The lowest BCUT2D eigenvalue weighted by Gasteiger charge is -2.24. The normalized spacial score (nSPS) is 13.2. The van der Waals surface area contributed by atoms with Crippen LogP contribution >= 0.6 is 15.9 Å². The number of hydrogen-bond acceptors (Lipinski definition) is 5. The highest BCUT2D eigenvalue weighted by Crippen LogP contribution is 2.31. The van der Waals surface area contributed by atoms with Crippen LogP contribution in [0.4, 0.5) is 0 Å². The molecule has 0 saturated heterocycles. The summed E-state index contributed by atoms with van der Waals surface area (Å²) in [6, 6.07) is 1.33. The van der Waals surface area contributed by atoms with Crippen LogP contribution in [0.25, 0.3) is 0 Å². The molecule has 1 aromatic heterocycles. The third-order valence-corrected chi connectivity index (χ3v) is 3.47. The lowest BCUT2D eigenvalue weighted by molar-refractivity contribution is -0.151. The van der Waals surface area contributed by atoms with Gasteiger partial charge in [-0.15, -0.1) is 0 Å². The van der Waals surface area contributed by atoms with Gasteiger partial charge in [-0.1, -0.05) is 0 Å². The third-order valence-electron chi connectivity index (χ3n) is 3.03. The van der Waals surface area contributed by atoms with E-state index >= 15 is 0 Å². The van der Waals surface area contributed by atoms with Gasteiger partial charge < -0.3 is 10.2 Å². The molecule has 0 aliphatic rings. The van der Waals surface area contributed by atoms with Gasteiger partial charge in [-0.2, -0.15) is 0 Å². The van der Waals surface area contributed by atoms with Crippen molar-refractivity contribution in [3.05, 3.63) is 28.5 Å². The molecule has 2 N–H and O–H groups in total. The molecule has 1 heterocycles. The van der Waals surface area contributed by atoms with Crippen molar-refractivity contribution in [3.63, 3.8) is 0 Å². The van der Waals surface area contributed by atoms with Crippen LogP contribution in [0.5, 0.6) is 0 Å². The van der Waals surface area contributed by atoms with Gasteiger partial charge in [-0.25, -0.2) is 0 Å². The molecular weight excluding hydrogens is 346 g/mol. The highest BCUT2D eigenvalue weighted by molar-refractivity contribution is 9.10. The van der Waals surface area contributed by atoms with Gasteiger partial charge in [-0.05, 0) is 35.3 Å². The summed E-state index contributed by atoms with van der Waals surface area (Å²) < 4.78 is 0.439. The molecule has 21 heavy (non-hydrogen) atoms. The summed E-state index contributed by atoms with van der Waals surface area (Å²) in [6.07, 6.45) is 1.30. The van der Waals surface area contributed by atoms with E-state index in [-0.39, 0.29) is 5.56 Å². The first kappa shape index (κ1) is 17.0. The predicted octanol–water partition coefficient (Wildman–Crippen LogP) is 1.55. The van der Waals surface area contributed by atoms with Crippen LogP contribution in [0.1, 0.15) is 30.1 Å². The van der Waals surface area contributed by atoms with E-state index in [9.17, 15) is 24.3 Å². The van der Waals surface area contributed by atoms with Gasteiger partial charge in [0.05, 0.1) is 0 Å². The molecule has 0 aliphatic carbocycles. The Morgan fingerprint density at radius 3 is 2.29 bits per heavy atom. The van der Waals surface area contributed by atoms with Crippen molar-refractivity contribution < 1.29 is 29.4 Å². The maximum Gasteiger partial charge on any atom is 0.325 e. The van der Waals surface area contributed by atoms with Crippen LogP contribution in [-0.2, 0) is 14.4 Å². The van der Waals surface area contributed by atoms with E-state index in [4.69, 9.17) is 5.11 Å². The van der Waals surface area contributed by atoms with Gasteiger partial charge in [0.25, 0.3) is 0 Å². The van der Waals surface area contributed by atoms with E-state index in [1.807, 2.05) is 0 Å².